The molecule has 0 amide bonds. The second-order valence-electron chi connectivity index (χ2n) is 8.02. The lowest BCUT2D eigenvalue weighted by Crippen LogP contribution is -2.17. The molecule has 0 spiro atoms. The largest absolute Gasteiger partial charge is 0.454 e. The molecule has 0 radical (unpaired) electrons. The highest BCUT2D eigenvalue weighted by Gasteiger charge is 2.21. The minimum absolute atomic E-state index is 0.231. The maximum absolute atomic E-state index is 9.20. The summed E-state index contributed by atoms with van der Waals surface area (Å²) in [6.45, 7) is 0.257. The van der Waals surface area contributed by atoms with Gasteiger partial charge in [-0.3, -0.25) is 5.10 Å². The minimum atomic E-state index is 0.231. The van der Waals surface area contributed by atoms with E-state index in [9.17, 15) is 5.26 Å². The van der Waals surface area contributed by atoms with E-state index in [-0.39, 0.29) is 12.8 Å². The predicted molar refractivity (Wildman–Crippen MR) is 118 cm³/mol. The fraction of sp³-hybridized carbons (Fsp3) is 0.200. The summed E-state index contributed by atoms with van der Waals surface area (Å²) in [5, 5.41) is 21.7. The van der Waals surface area contributed by atoms with Gasteiger partial charge in [-0.1, -0.05) is 6.07 Å². The van der Waals surface area contributed by atoms with Crippen LogP contribution in [0.15, 0.2) is 54.6 Å². The Bertz CT molecular complexity index is 1350. The zero-order valence-electron chi connectivity index (χ0n) is 16.8. The molecule has 0 bridgehead atoms. The number of aromatic amines is 1. The highest BCUT2D eigenvalue weighted by atomic mass is 16.7. The van der Waals surface area contributed by atoms with Gasteiger partial charge in [-0.15, -0.1) is 0 Å². The highest BCUT2D eigenvalue weighted by Crippen LogP contribution is 2.38. The van der Waals surface area contributed by atoms with Crippen LogP contribution in [0.2, 0.25) is 0 Å². The molecule has 0 fully saturated rings. The topological polar surface area (TPSA) is 83.0 Å². The van der Waals surface area contributed by atoms with Crippen LogP contribution in [-0.2, 0) is 6.42 Å². The van der Waals surface area contributed by atoms with Crippen molar-refractivity contribution in [3.8, 4) is 28.8 Å². The molecule has 6 nitrogen and oxygen atoms in total. The van der Waals surface area contributed by atoms with Crippen molar-refractivity contribution in [2.45, 2.75) is 25.3 Å². The lowest BCUT2D eigenvalue weighted by atomic mass is 9.86. The summed E-state index contributed by atoms with van der Waals surface area (Å²) in [6.07, 6.45) is 3.20. The van der Waals surface area contributed by atoms with Gasteiger partial charge in [-0.05, 0) is 78.9 Å². The van der Waals surface area contributed by atoms with Crippen LogP contribution in [0.1, 0.15) is 35.6 Å². The molecule has 6 rings (SSSR count). The van der Waals surface area contributed by atoms with Gasteiger partial charge in [0.05, 0.1) is 23.2 Å². The van der Waals surface area contributed by atoms with E-state index >= 15 is 0 Å². The number of anilines is 1. The summed E-state index contributed by atoms with van der Waals surface area (Å²) in [5.41, 5.74) is 7.20. The van der Waals surface area contributed by atoms with E-state index < -0.39 is 0 Å². The molecular formula is C25H20N4O2. The van der Waals surface area contributed by atoms with Gasteiger partial charge >= 0.3 is 0 Å². The Morgan fingerprint density at radius 1 is 1.03 bits per heavy atom. The lowest BCUT2D eigenvalue weighted by molar-refractivity contribution is 0.174. The Balaban J connectivity index is 1.34. The van der Waals surface area contributed by atoms with Gasteiger partial charge in [0.1, 0.15) is 5.69 Å². The molecule has 6 heteroatoms. The number of hydrogen-bond donors (Lipinski definition) is 2. The number of ether oxygens (including phenoxy) is 2. The van der Waals surface area contributed by atoms with Crippen LogP contribution in [0.3, 0.4) is 0 Å². The van der Waals surface area contributed by atoms with Crippen LogP contribution in [0, 0.1) is 11.3 Å². The molecular weight excluding hydrogens is 388 g/mol. The number of fused-ring (bicyclic) bond motifs is 3. The zero-order valence-corrected chi connectivity index (χ0v) is 16.8. The van der Waals surface area contributed by atoms with E-state index in [0.29, 0.717) is 0 Å². The molecule has 1 atom stereocenters. The molecule has 2 aliphatic rings. The third kappa shape index (κ3) is 3.06. The van der Waals surface area contributed by atoms with E-state index in [0.717, 1.165) is 64.2 Å². The third-order valence-corrected chi connectivity index (χ3v) is 6.14. The summed E-state index contributed by atoms with van der Waals surface area (Å²) >= 11 is 0. The molecule has 1 unspecified atom stereocenters. The van der Waals surface area contributed by atoms with Crippen molar-refractivity contribution in [3.63, 3.8) is 0 Å². The quantitative estimate of drug-likeness (QED) is 0.479. The first-order valence-corrected chi connectivity index (χ1v) is 10.5. The number of aromatic nitrogens is 2. The highest BCUT2D eigenvalue weighted by molar-refractivity contribution is 5.95. The van der Waals surface area contributed by atoms with Gasteiger partial charge in [0.15, 0.2) is 11.5 Å². The van der Waals surface area contributed by atoms with E-state index in [1.807, 2.05) is 30.3 Å². The molecule has 2 N–H and O–H groups in total. The fourth-order valence-electron chi connectivity index (χ4n) is 4.60. The minimum Gasteiger partial charge on any atom is -0.454 e. The summed E-state index contributed by atoms with van der Waals surface area (Å²) < 4.78 is 11.0. The molecule has 3 aromatic carbocycles. The monoisotopic (exact) mass is 408 g/mol. The SMILES string of the molecule is N#Cc1ccc2c(c1)CCCC2Nc1ccc2[nH]nc(-c3ccc4c(c3)OCO4)c2c1. The Morgan fingerprint density at radius 3 is 2.90 bits per heavy atom. The smallest absolute Gasteiger partial charge is 0.231 e. The second-order valence-corrected chi connectivity index (χ2v) is 8.02. The average molecular weight is 408 g/mol. The van der Waals surface area contributed by atoms with Crippen LogP contribution >= 0.6 is 0 Å². The van der Waals surface area contributed by atoms with Gasteiger partial charge in [-0.25, -0.2) is 0 Å². The van der Waals surface area contributed by atoms with Gasteiger partial charge < -0.3 is 14.8 Å². The van der Waals surface area contributed by atoms with E-state index in [1.165, 1.54) is 11.1 Å². The third-order valence-electron chi connectivity index (χ3n) is 6.14. The van der Waals surface area contributed by atoms with E-state index in [1.54, 1.807) is 0 Å². The molecule has 0 saturated carbocycles. The molecule has 1 aliphatic carbocycles. The maximum Gasteiger partial charge on any atom is 0.231 e. The summed E-state index contributed by atoms with van der Waals surface area (Å²) in [5.74, 6) is 1.51. The maximum atomic E-state index is 9.20. The fourth-order valence-corrected chi connectivity index (χ4v) is 4.60. The van der Waals surface area contributed by atoms with Crippen molar-refractivity contribution in [1.82, 2.24) is 10.2 Å². The van der Waals surface area contributed by atoms with E-state index in [2.05, 4.69) is 45.8 Å². The van der Waals surface area contributed by atoms with Crippen LogP contribution in [0.4, 0.5) is 5.69 Å². The van der Waals surface area contributed by atoms with E-state index in [4.69, 9.17) is 9.47 Å². The standard InChI is InChI=1S/C25H20N4O2/c26-13-15-4-7-19-16(10-15)2-1-3-21(19)27-18-6-8-22-20(12-18)25(29-28-22)17-5-9-23-24(11-17)31-14-30-23/h4-12,21,27H,1-3,14H2,(H,28,29). The van der Waals surface area contributed by atoms with Gasteiger partial charge in [-0.2, -0.15) is 10.4 Å². The first-order valence-electron chi connectivity index (χ1n) is 10.5. The summed E-state index contributed by atoms with van der Waals surface area (Å²) in [4.78, 5) is 0. The van der Waals surface area contributed by atoms with Crippen LogP contribution in [0.25, 0.3) is 22.2 Å². The molecule has 1 aliphatic heterocycles. The number of nitrogens with zero attached hydrogens (tertiary/aromatic N) is 2. The number of H-pyrrole nitrogens is 1. The van der Waals surface area contributed by atoms with Gasteiger partial charge in [0.2, 0.25) is 6.79 Å². The summed E-state index contributed by atoms with van der Waals surface area (Å²) in [7, 11) is 0. The van der Waals surface area contributed by atoms with Crippen molar-refractivity contribution in [2.75, 3.05) is 12.1 Å². The molecule has 1 aromatic heterocycles. The first-order chi connectivity index (χ1) is 15.3. The average Bonchev–Trinajstić information content (AvgIpc) is 3.45. The van der Waals surface area contributed by atoms with Crippen molar-refractivity contribution >= 4 is 16.6 Å². The summed E-state index contributed by atoms with van der Waals surface area (Å²) in [6, 6.07) is 20.7. The van der Waals surface area contributed by atoms with Crippen LogP contribution < -0.4 is 14.8 Å². The predicted octanol–water partition coefficient (Wildman–Crippen LogP) is 5.32. The molecule has 0 saturated heterocycles. The molecule has 31 heavy (non-hydrogen) atoms. The number of nitriles is 1. The van der Waals surface area contributed by atoms with Crippen molar-refractivity contribution < 1.29 is 9.47 Å². The number of hydrogen-bond acceptors (Lipinski definition) is 5. The first kappa shape index (κ1) is 17.8. The Kier molecular flexibility index (Phi) is 4.07. The number of nitrogens with one attached hydrogen (secondary N) is 2. The van der Waals surface area contributed by atoms with Crippen molar-refractivity contribution in [3.05, 3.63) is 71.3 Å². The molecule has 4 aromatic rings. The van der Waals surface area contributed by atoms with Crippen LogP contribution in [0.5, 0.6) is 11.5 Å². The number of aryl methyl sites for hydroxylation is 1. The second kappa shape index (κ2) is 7.06. The van der Waals surface area contributed by atoms with Gasteiger partial charge in [0.25, 0.3) is 0 Å². The van der Waals surface area contributed by atoms with Gasteiger partial charge in [0, 0.05) is 16.6 Å². The van der Waals surface area contributed by atoms with Crippen LogP contribution in [-0.4, -0.2) is 17.0 Å². The number of benzene rings is 3. The van der Waals surface area contributed by atoms with Crippen molar-refractivity contribution in [1.29, 1.82) is 5.26 Å². The molecule has 2 heterocycles. The Labute approximate surface area is 179 Å². The number of rotatable bonds is 3. The normalized spacial score (nSPS) is 16.7. The van der Waals surface area contributed by atoms with Crippen molar-refractivity contribution in [2.24, 2.45) is 0 Å². The molecule has 152 valence electrons. The Hall–Kier alpha value is -3.98. The lowest BCUT2D eigenvalue weighted by Gasteiger charge is -2.27. The Morgan fingerprint density at radius 2 is 1.97 bits per heavy atom. The zero-order chi connectivity index (χ0) is 20.8.